The van der Waals surface area contributed by atoms with E-state index in [4.69, 9.17) is 0 Å². The van der Waals surface area contributed by atoms with Crippen molar-refractivity contribution in [1.29, 1.82) is 0 Å². The summed E-state index contributed by atoms with van der Waals surface area (Å²) in [4.78, 5) is 21.8. The van der Waals surface area contributed by atoms with Crippen molar-refractivity contribution in [2.45, 2.75) is 13.3 Å². The van der Waals surface area contributed by atoms with Crippen LogP contribution in [0.15, 0.2) is 11.6 Å². The van der Waals surface area contributed by atoms with Crippen LogP contribution < -0.4 is 0 Å². The average Bonchev–Trinajstić information content (AvgIpc) is 2.54. The van der Waals surface area contributed by atoms with Gasteiger partial charge in [0.15, 0.2) is 11.6 Å². The fraction of sp³-hybridized carbons (Fsp3) is 0.500. The fourth-order valence-electron chi connectivity index (χ4n) is 1.49. The molecule has 0 aromatic carbocycles. The van der Waals surface area contributed by atoms with Gasteiger partial charge in [-0.15, -0.1) is 0 Å². The second-order valence-corrected chi connectivity index (χ2v) is 3.01. The molecular formula is C8H8O2. The average molecular weight is 136 g/mol. The molecule has 1 saturated carbocycles. The lowest BCUT2D eigenvalue weighted by Crippen LogP contribution is -2.07. The summed E-state index contributed by atoms with van der Waals surface area (Å²) in [6.07, 6.45) is 2.81. The van der Waals surface area contributed by atoms with Crippen LogP contribution in [0.3, 0.4) is 0 Å². The quantitative estimate of drug-likeness (QED) is 0.498. The van der Waals surface area contributed by atoms with Crippen LogP contribution in [-0.4, -0.2) is 11.6 Å². The number of hydrogen-bond donors (Lipinski definition) is 0. The zero-order valence-electron chi connectivity index (χ0n) is 5.76. The van der Waals surface area contributed by atoms with E-state index in [1.807, 2.05) is 6.08 Å². The zero-order chi connectivity index (χ0) is 7.30. The molecule has 2 heteroatoms. The molecule has 2 atom stereocenters. The Balaban J connectivity index is 2.31. The summed E-state index contributed by atoms with van der Waals surface area (Å²) < 4.78 is 0. The van der Waals surface area contributed by atoms with E-state index in [-0.39, 0.29) is 17.5 Å². The fourth-order valence-corrected chi connectivity index (χ4v) is 1.49. The SMILES string of the molecule is CC(=O)C1=CC2CC2C1=O. The standard InChI is InChI=1S/C8H8O2/c1-4(9)6-2-5-3-7(5)8(6)10/h2,5,7H,3H2,1H3. The second-order valence-electron chi connectivity index (χ2n) is 3.01. The predicted molar refractivity (Wildman–Crippen MR) is 35.4 cm³/mol. The van der Waals surface area contributed by atoms with Gasteiger partial charge in [0.25, 0.3) is 0 Å². The van der Waals surface area contributed by atoms with E-state index < -0.39 is 0 Å². The lowest BCUT2D eigenvalue weighted by molar-refractivity contribution is -0.120. The molecule has 0 saturated heterocycles. The summed E-state index contributed by atoms with van der Waals surface area (Å²) in [5.74, 6) is 0.625. The van der Waals surface area contributed by atoms with Crippen molar-refractivity contribution in [3.63, 3.8) is 0 Å². The Labute approximate surface area is 58.9 Å². The summed E-state index contributed by atoms with van der Waals surface area (Å²) in [7, 11) is 0. The van der Waals surface area contributed by atoms with Crippen molar-refractivity contribution >= 4 is 11.6 Å². The molecule has 0 N–H and O–H groups in total. The second kappa shape index (κ2) is 1.57. The largest absolute Gasteiger partial charge is 0.294 e. The van der Waals surface area contributed by atoms with E-state index in [2.05, 4.69) is 0 Å². The Morgan fingerprint density at radius 3 is 2.70 bits per heavy atom. The Morgan fingerprint density at radius 1 is 1.70 bits per heavy atom. The Bertz CT molecular complexity index is 250. The maximum absolute atomic E-state index is 11.1. The minimum absolute atomic E-state index is 0.0720. The van der Waals surface area contributed by atoms with Crippen molar-refractivity contribution in [2.24, 2.45) is 11.8 Å². The van der Waals surface area contributed by atoms with Crippen molar-refractivity contribution in [2.75, 3.05) is 0 Å². The highest BCUT2D eigenvalue weighted by Crippen LogP contribution is 2.47. The molecule has 2 aliphatic carbocycles. The molecule has 2 rings (SSSR count). The first-order valence-corrected chi connectivity index (χ1v) is 3.47. The Morgan fingerprint density at radius 2 is 2.40 bits per heavy atom. The molecular weight excluding hydrogens is 128 g/mol. The van der Waals surface area contributed by atoms with Crippen LogP contribution >= 0.6 is 0 Å². The van der Waals surface area contributed by atoms with Gasteiger partial charge in [0.1, 0.15) is 0 Å². The molecule has 52 valence electrons. The van der Waals surface area contributed by atoms with Crippen LogP contribution in [0.5, 0.6) is 0 Å². The van der Waals surface area contributed by atoms with Gasteiger partial charge in [-0.1, -0.05) is 6.08 Å². The number of hydrogen-bond acceptors (Lipinski definition) is 2. The zero-order valence-corrected chi connectivity index (χ0v) is 5.76. The van der Waals surface area contributed by atoms with Gasteiger partial charge in [-0.25, -0.2) is 0 Å². The minimum Gasteiger partial charge on any atom is -0.294 e. The number of carbonyl (C=O) groups excluding carboxylic acids is 2. The molecule has 0 amide bonds. The molecule has 0 aromatic heterocycles. The van der Waals surface area contributed by atoms with Gasteiger partial charge in [-0.3, -0.25) is 9.59 Å². The number of carbonyl (C=O) groups is 2. The Kier molecular flexibility index (Phi) is 0.914. The molecule has 2 aliphatic rings. The van der Waals surface area contributed by atoms with Gasteiger partial charge in [-0.2, -0.15) is 0 Å². The molecule has 10 heavy (non-hydrogen) atoms. The van der Waals surface area contributed by atoms with Gasteiger partial charge < -0.3 is 0 Å². The number of rotatable bonds is 1. The normalized spacial score (nSPS) is 35.3. The third-order valence-electron chi connectivity index (χ3n) is 2.20. The van der Waals surface area contributed by atoms with Gasteiger partial charge >= 0.3 is 0 Å². The highest BCUT2D eigenvalue weighted by molar-refractivity contribution is 6.22. The third kappa shape index (κ3) is 0.589. The monoisotopic (exact) mass is 136 g/mol. The summed E-state index contributed by atoms with van der Waals surface area (Å²) in [5.41, 5.74) is 0.446. The topological polar surface area (TPSA) is 34.1 Å². The maximum atomic E-state index is 11.1. The number of fused-ring (bicyclic) bond motifs is 1. The van der Waals surface area contributed by atoms with E-state index in [9.17, 15) is 9.59 Å². The van der Waals surface area contributed by atoms with Crippen molar-refractivity contribution < 1.29 is 9.59 Å². The lowest BCUT2D eigenvalue weighted by atomic mass is 10.1. The molecule has 0 aliphatic heterocycles. The van der Waals surface area contributed by atoms with Crippen LogP contribution in [0.4, 0.5) is 0 Å². The highest BCUT2D eigenvalue weighted by atomic mass is 16.1. The van der Waals surface area contributed by atoms with E-state index in [1.54, 1.807) is 0 Å². The van der Waals surface area contributed by atoms with Crippen molar-refractivity contribution in [1.82, 2.24) is 0 Å². The molecule has 0 bridgehead atoms. The van der Waals surface area contributed by atoms with Gasteiger partial charge in [-0.05, 0) is 19.3 Å². The summed E-state index contributed by atoms with van der Waals surface area (Å²) in [6.45, 7) is 1.45. The highest BCUT2D eigenvalue weighted by Gasteiger charge is 2.48. The minimum atomic E-state index is -0.0720. The molecule has 2 nitrogen and oxygen atoms in total. The van der Waals surface area contributed by atoms with Crippen LogP contribution in [-0.2, 0) is 9.59 Å². The van der Waals surface area contributed by atoms with E-state index in [0.29, 0.717) is 11.5 Å². The van der Waals surface area contributed by atoms with E-state index >= 15 is 0 Å². The Hall–Kier alpha value is -0.920. The van der Waals surface area contributed by atoms with Crippen molar-refractivity contribution in [3.8, 4) is 0 Å². The van der Waals surface area contributed by atoms with Gasteiger partial charge in [0.05, 0.1) is 5.57 Å². The molecule has 0 radical (unpaired) electrons. The molecule has 0 heterocycles. The molecule has 1 fully saturated rings. The van der Waals surface area contributed by atoms with E-state index in [0.717, 1.165) is 6.42 Å². The summed E-state index contributed by atoms with van der Waals surface area (Å²) in [5, 5.41) is 0. The lowest BCUT2D eigenvalue weighted by Gasteiger charge is -1.93. The maximum Gasteiger partial charge on any atom is 0.169 e. The van der Waals surface area contributed by atoms with Crippen molar-refractivity contribution in [3.05, 3.63) is 11.6 Å². The van der Waals surface area contributed by atoms with Crippen LogP contribution in [0.2, 0.25) is 0 Å². The predicted octanol–water partition coefficient (Wildman–Crippen LogP) is 0.721. The molecule has 2 unspecified atom stereocenters. The summed E-state index contributed by atoms with van der Waals surface area (Å²) >= 11 is 0. The number of Topliss-reactive ketones (excluding diaryl/α,β-unsaturated/α-hetero) is 2. The van der Waals surface area contributed by atoms with Crippen LogP contribution in [0.1, 0.15) is 13.3 Å². The third-order valence-corrected chi connectivity index (χ3v) is 2.20. The van der Waals surface area contributed by atoms with Gasteiger partial charge in [0.2, 0.25) is 0 Å². The number of allylic oxidation sites excluding steroid dienone is 2. The first-order valence-electron chi connectivity index (χ1n) is 3.47. The smallest absolute Gasteiger partial charge is 0.169 e. The van der Waals surface area contributed by atoms with Gasteiger partial charge in [0, 0.05) is 5.92 Å². The number of ketones is 2. The van der Waals surface area contributed by atoms with E-state index in [1.165, 1.54) is 6.92 Å². The molecule has 0 aromatic rings. The van der Waals surface area contributed by atoms with Crippen LogP contribution in [0.25, 0.3) is 0 Å². The molecule has 0 spiro atoms. The first kappa shape index (κ1) is 5.83. The first-order chi connectivity index (χ1) is 4.70. The van der Waals surface area contributed by atoms with Crippen LogP contribution in [0, 0.1) is 11.8 Å². The summed E-state index contributed by atoms with van der Waals surface area (Å²) in [6, 6.07) is 0.